The van der Waals surface area contributed by atoms with E-state index in [2.05, 4.69) is 11.8 Å². The Morgan fingerprint density at radius 3 is 2.67 bits per heavy atom. The topological polar surface area (TPSA) is 3.24 Å². The molecular weight excluding hydrogens is 110 g/mol. The van der Waals surface area contributed by atoms with E-state index in [9.17, 15) is 0 Å². The molecule has 0 aromatic carbocycles. The van der Waals surface area contributed by atoms with Gasteiger partial charge in [0.15, 0.2) is 0 Å². The second-order valence-electron chi connectivity index (χ2n) is 3.40. The van der Waals surface area contributed by atoms with Gasteiger partial charge in [0.05, 0.1) is 0 Å². The van der Waals surface area contributed by atoms with Crippen molar-refractivity contribution in [2.45, 2.75) is 32.2 Å². The van der Waals surface area contributed by atoms with Gasteiger partial charge in [0, 0.05) is 12.6 Å². The first kappa shape index (κ1) is 5.72. The first-order valence-electron chi connectivity index (χ1n) is 4.16. The largest absolute Gasteiger partial charge is 0.300 e. The summed E-state index contributed by atoms with van der Waals surface area (Å²) in [6, 6.07) is 1.03. The number of hydrogen-bond donors (Lipinski definition) is 0. The molecule has 1 saturated heterocycles. The Morgan fingerprint density at radius 2 is 2.33 bits per heavy atom. The Balaban J connectivity index is 1.77. The molecule has 1 unspecified atom stereocenters. The average Bonchev–Trinajstić information content (AvgIpc) is 1.82. The molecule has 1 heteroatoms. The molecule has 1 nitrogen and oxygen atoms in total. The summed E-state index contributed by atoms with van der Waals surface area (Å²) in [4.78, 5) is 2.63. The van der Waals surface area contributed by atoms with Gasteiger partial charge in [-0.05, 0) is 31.7 Å². The summed E-state index contributed by atoms with van der Waals surface area (Å²) in [5.74, 6) is 1.12. The molecule has 1 heterocycles. The van der Waals surface area contributed by atoms with Crippen LogP contribution in [0.1, 0.15) is 26.2 Å². The maximum Gasteiger partial charge on any atom is 0.0136 e. The zero-order valence-corrected chi connectivity index (χ0v) is 6.14. The first-order valence-corrected chi connectivity index (χ1v) is 4.16. The van der Waals surface area contributed by atoms with Crippen LogP contribution in [0.5, 0.6) is 0 Å². The quantitative estimate of drug-likeness (QED) is 0.540. The molecule has 2 fully saturated rings. The van der Waals surface area contributed by atoms with Crippen LogP contribution >= 0.6 is 0 Å². The highest BCUT2D eigenvalue weighted by molar-refractivity contribution is 4.99. The van der Waals surface area contributed by atoms with Crippen molar-refractivity contribution in [1.29, 1.82) is 0 Å². The van der Waals surface area contributed by atoms with Crippen molar-refractivity contribution in [3.8, 4) is 0 Å². The third-order valence-electron chi connectivity index (χ3n) is 2.83. The predicted octanol–water partition coefficient (Wildman–Crippen LogP) is 1.49. The van der Waals surface area contributed by atoms with E-state index in [1.54, 1.807) is 0 Å². The van der Waals surface area contributed by atoms with Crippen LogP contribution in [0, 0.1) is 5.92 Å². The fourth-order valence-electron chi connectivity index (χ4n) is 2.09. The van der Waals surface area contributed by atoms with Crippen LogP contribution in [-0.2, 0) is 0 Å². The molecule has 0 aromatic rings. The highest BCUT2D eigenvalue weighted by atomic mass is 15.2. The number of fused-ring (bicyclic) bond motifs is 1. The molecule has 2 aliphatic rings. The summed E-state index contributed by atoms with van der Waals surface area (Å²) >= 11 is 0. The number of likely N-dealkylation sites (tertiary alicyclic amines) is 1. The van der Waals surface area contributed by atoms with Crippen LogP contribution in [0.15, 0.2) is 0 Å². The molecule has 0 N–H and O–H groups in total. The lowest BCUT2D eigenvalue weighted by Crippen LogP contribution is -2.61. The standard InChI is InChI=1S/C8H15N/c1-2-5-9-6-7-3-4-8(7)9/h7-8H,2-6H2,1H3/t7?,8-/m1/s1. The molecule has 0 amide bonds. The Labute approximate surface area is 57.0 Å². The van der Waals surface area contributed by atoms with Gasteiger partial charge in [-0.15, -0.1) is 0 Å². The van der Waals surface area contributed by atoms with Crippen LogP contribution < -0.4 is 0 Å². The van der Waals surface area contributed by atoms with Gasteiger partial charge in [-0.25, -0.2) is 0 Å². The van der Waals surface area contributed by atoms with Crippen molar-refractivity contribution in [3.63, 3.8) is 0 Å². The van der Waals surface area contributed by atoms with Crippen molar-refractivity contribution in [3.05, 3.63) is 0 Å². The van der Waals surface area contributed by atoms with E-state index in [-0.39, 0.29) is 0 Å². The van der Waals surface area contributed by atoms with Gasteiger partial charge in [0.2, 0.25) is 0 Å². The summed E-state index contributed by atoms with van der Waals surface area (Å²) in [6.45, 7) is 5.03. The summed E-state index contributed by atoms with van der Waals surface area (Å²) in [7, 11) is 0. The Bertz CT molecular complexity index is 109. The molecule has 52 valence electrons. The number of nitrogens with zero attached hydrogens (tertiary/aromatic N) is 1. The first-order chi connectivity index (χ1) is 4.42. The molecule has 1 aliphatic heterocycles. The van der Waals surface area contributed by atoms with Gasteiger partial charge in [-0.1, -0.05) is 6.92 Å². The van der Waals surface area contributed by atoms with Gasteiger partial charge >= 0.3 is 0 Å². The maximum absolute atomic E-state index is 2.63. The maximum atomic E-state index is 2.63. The highest BCUT2D eigenvalue weighted by Crippen LogP contribution is 2.41. The molecule has 1 saturated carbocycles. The summed E-state index contributed by atoms with van der Waals surface area (Å²) in [5.41, 5.74) is 0. The predicted molar refractivity (Wildman–Crippen MR) is 38.4 cm³/mol. The minimum Gasteiger partial charge on any atom is -0.300 e. The summed E-state index contributed by atoms with van der Waals surface area (Å²) in [6.07, 6.45) is 4.35. The number of rotatable bonds is 2. The van der Waals surface area contributed by atoms with E-state index in [1.165, 1.54) is 32.4 Å². The zero-order chi connectivity index (χ0) is 6.27. The molecule has 2 atom stereocenters. The zero-order valence-electron chi connectivity index (χ0n) is 6.14. The monoisotopic (exact) mass is 125 g/mol. The molecule has 0 bridgehead atoms. The van der Waals surface area contributed by atoms with Crippen LogP contribution in [0.25, 0.3) is 0 Å². The van der Waals surface area contributed by atoms with Crippen LogP contribution in [0.4, 0.5) is 0 Å². The van der Waals surface area contributed by atoms with E-state index < -0.39 is 0 Å². The van der Waals surface area contributed by atoms with Crippen LogP contribution in [0.3, 0.4) is 0 Å². The normalized spacial score (nSPS) is 41.0. The Kier molecular flexibility index (Phi) is 1.26. The van der Waals surface area contributed by atoms with Crippen molar-refractivity contribution in [1.82, 2.24) is 4.90 Å². The van der Waals surface area contributed by atoms with E-state index in [1.807, 2.05) is 0 Å². The van der Waals surface area contributed by atoms with Crippen molar-refractivity contribution < 1.29 is 0 Å². The molecule has 1 aliphatic carbocycles. The second-order valence-corrected chi connectivity index (χ2v) is 3.40. The summed E-state index contributed by atoms with van der Waals surface area (Å²) < 4.78 is 0. The lowest BCUT2D eigenvalue weighted by molar-refractivity contribution is -0.0579. The lowest BCUT2D eigenvalue weighted by Gasteiger charge is -2.55. The Hall–Kier alpha value is -0.0400. The van der Waals surface area contributed by atoms with Crippen molar-refractivity contribution in [2.24, 2.45) is 5.92 Å². The van der Waals surface area contributed by atoms with E-state index in [4.69, 9.17) is 0 Å². The average molecular weight is 125 g/mol. The molecular formula is C8H15N. The number of piperidine rings is 1. The third-order valence-corrected chi connectivity index (χ3v) is 2.83. The van der Waals surface area contributed by atoms with Crippen molar-refractivity contribution >= 4 is 0 Å². The van der Waals surface area contributed by atoms with Crippen molar-refractivity contribution in [2.75, 3.05) is 13.1 Å². The fraction of sp³-hybridized carbons (Fsp3) is 1.00. The fourth-order valence-corrected chi connectivity index (χ4v) is 2.09. The van der Waals surface area contributed by atoms with Gasteiger partial charge in [0.25, 0.3) is 0 Å². The SMILES string of the molecule is CCCN1CC2CC[C@H]21. The van der Waals surface area contributed by atoms with Gasteiger partial charge in [0.1, 0.15) is 0 Å². The van der Waals surface area contributed by atoms with E-state index in [0.717, 1.165) is 12.0 Å². The summed E-state index contributed by atoms with van der Waals surface area (Å²) in [5, 5.41) is 0. The molecule has 0 aromatic heterocycles. The Morgan fingerprint density at radius 1 is 1.44 bits per heavy atom. The molecule has 9 heavy (non-hydrogen) atoms. The van der Waals surface area contributed by atoms with E-state index in [0.29, 0.717) is 0 Å². The molecule has 0 spiro atoms. The van der Waals surface area contributed by atoms with Gasteiger partial charge in [-0.3, -0.25) is 4.90 Å². The second kappa shape index (κ2) is 1.98. The third kappa shape index (κ3) is 0.710. The molecule has 2 rings (SSSR count). The number of hydrogen-bond acceptors (Lipinski definition) is 1. The van der Waals surface area contributed by atoms with Gasteiger partial charge in [-0.2, -0.15) is 0 Å². The smallest absolute Gasteiger partial charge is 0.0136 e. The minimum atomic E-state index is 1.03. The minimum absolute atomic E-state index is 1.03. The highest BCUT2D eigenvalue weighted by Gasteiger charge is 2.44. The molecule has 0 radical (unpaired) electrons. The lowest BCUT2D eigenvalue weighted by atomic mass is 9.71. The van der Waals surface area contributed by atoms with E-state index >= 15 is 0 Å². The van der Waals surface area contributed by atoms with Crippen LogP contribution in [-0.4, -0.2) is 24.0 Å². The van der Waals surface area contributed by atoms with Crippen LogP contribution in [0.2, 0.25) is 0 Å². The van der Waals surface area contributed by atoms with Gasteiger partial charge < -0.3 is 0 Å².